The first-order chi connectivity index (χ1) is 12.0. The van der Waals surface area contributed by atoms with Gasteiger partial charge in [0.05, 0.1) is 6.42 Å². The van der Waals surface area contributed by atoms with Crippen LogP contribution >= 0.6 is 0 Å². The number of amides is 2. The molecule has 2 aromatic carbocycles. The van der Waals surface area contributed by atoms with Gasteiger partial charge in [0, 0.05) is 11.1 Å². The maximum Gasteiger partial charge on any atom is 0.326 e. The normalized spacial score (nSPS) is 13.6. The lowest BCUT2D eigenvalue weighted by atomic mass is 9.98. The topological polar surface area (TPSA) is 63.7 Å². The minimum Gasteiger partial charge on any atom is -0.459 e. The van der Waals surface area contributed by atoms with Gasteiger partial charge in [-0.3, -0.25) is 19.3 Å². The SMILES string of the molecule is O=C(CN1C(=O)Cc2ccccc2C1=O)OCc1cccc(F)c1F. The molecule has 1 heterocycles. The molecule has 0 spiro atoms. The van der Waals surface area contributed by atoms with Gasteiger partial charge in [0.15, 0.2) is 11.6 Å². The van der Waals surface area contributed by atoms with Crippen molar-refractivity contribution in [1.82, 2.24) is 4.90 Å². The third-order valence-electron chi connectivity index (χ3n) is 3.84. The van der Waals surface area contributed by atoms with E-state index in [-0.39, 0.29) is 12.0 Å². The number of rotatable bonds is 4. The molecule has 0 unspecified atom stereocenters. The lowest BCUT2D eigenvalue weighted by molar-refractivity contribution is -0.149. The fourth-order valence-corrected chi connectivity index (χ4v) is 2.55. The average molecular weight is 345 g/mol. The van der Waals surface area contributed by atoms with Gasteiger partial charge >= 0.3 is 5.97 Å². The van der Waals surface area contributed by atoms with Crippen molar-refractivity contribution < 1.29 is 27.9 Å². The van der Waals surface area contributed by atoms with Crippen LogP contribution in [0.4, 0.5) is 8.78 Å². The van der Waals surface area contributed by atoms with E-state index in [4.69, 9.17) is 4.74 Å². The number of ether oxygens (including phenoxy) is 1. The molecular formula is C18H13F2NO4. The highest BCUT2D eigenvalue weighted by atomic mass is 19.2. The Morgan fingerprint density at radius 3 is 2.64 bits per heavy atom. The van der Waals surface area contributed by atoms with Crippen LogP contribution < -0.4 is 0 Å². The summed E-state index contributed by atoms with van der Waals surface area (Å²) >= 11 is 0. The molecule has 3 rings (SSSR count). The number of hydrogen-bond acceptors (Lipinski definition) is 4. The first-order valence-electron chi connectivity index (χ1n) is 7.48. The number of carbonyl (C=O) groups is 3. The summed E-state index contributed by atoms with van der Waals surface area (Å²) in [7, 11) is 0. The van der Waals surface area contributed by atoms with E-state index in [2.05, 4.69) is 0 Å². The van der Waals surface area contributed by atoms with Gasteiger partial charge in [-0.15, -0.1) is 0 Å². The molecule has 0 aromatic heterocycles. The number of benzene rings is 2. The summed E-state index contributed by atoms with van der Waals surface area (Å²) < 4.78 is 31.5. The molecule has 0 saturated carbocycles. The molecule has 0 bridgehead atoms. The number of nitrogens with zero attached hydrogens (tertiary/aromatic N) is 1. The fourth-order valence-electron chi connectivity index (χ4n) is 2.55. The Morgan fingerprint density at radius 2 is 1.84 bits per heavy atom. The second-order valence-corrected chi connectivity index (χ2v) is 5.49. The zero-order chi connectivity index (χ0) is 18.0. The summed E-state index contributed by atoms with van der Waals surface area (Å²) in [5, 5.41) is 0. The first-order valence-corrected chi connectivity index (χ1v) is 7.48. The van der Waals surface area contributed by atoms with E-state index in [9.17, 15) is 23.2 Å². The van der Waals surface area contributed by atoms with Gasteiger partial charge in [0.1, 0.15) is 13.2 Å². The minimum atomic E-state index is -1.10. The van der Waals surface area contributed by atoms with Gasteiger partial charge in [0.25, 0.3) is 5.91 Å². The van der Waals surface area contributed by atoms with Crippen LogP contribution in [0.5, 0.6) is 0 Å². The predicted octanol–water partition coefficient (Wildman–Crippen LogP) is 2.23. The van der Waals surface area contributed by atoms with Gasteiger partial charge < -0.3 is 4.74 Å². The predicted molar refractivity (Wildman–Crippen MR) is 82.3 cm³/mol. The highest BCUT2D eigenvalue weighted by molar-refractivity contribution is 6.11. The zero-order valence-corrected chi connectivity index (χ0v) is 13.0. The van der Waals surface area contributed by atoms with E-state index in [0.29, 0.717) is 11.1 Å². The summed E-state index contributed by atoms with van der Waals surface area (Å²) in [6.07, 6.45) is 0.00766. The molecule has 2 amide bonds. The lowest BCUT2D eigenvalue weighted by Crippen LogP contribution is -2.45. The molecule has 0 aliphatic carbocycles. The van der Waals surface area contributed by atoms with Crippen molar-refractivity contribution in [2.45, 2.75) is 13.0 Å². The fraction of sp³-hybridized carbons (Fsp3) is 0.167. The van der Waals surface area contributed by atoms with Crippen LogP contribution in [-0.2, 0) is 27.4 Å². The second kappa shape index (κ2) is 6.80. The Bertz CT molecular complexity index is 866. The highest BCUT2D eigenvalue weighted by Crippen LogP contribution is 2.19. The van der Waals surface area contributed by atoms with Crippen molar-refractivity contribution >= 4 is 17.8 Å². The first kappa shape index (κ1) is 16.8. The van der Waals surface area contributed by atoms with E-state index in [0.717, 1.165) is 11.0 Å². The van der Waals surface area contributed by atoms with Crippen LogP contribution in [0.15, 0.2) is 42.5 Å². The van der Waals surface area contributed by atoms with Crippen molar-refractivity contribution in [3.8, 4) is 0 Å². The maximum atomic E-state index is 13.5. The number of imide groups is 1. The monoisotopic (exact) mass is 345 g/mol. The molecule has 128 valence electrons. The molecule has 1 aliphatic heterocycles. The Hall–Kier alpha value is -3.09. The van der Waals surface area contributed by atoms with Gasteiger partial charge in [-0.2, -0.15) is 0 Å². The van der Waals surface area contributed by atoms with Crippen molar-refractivity contribution in [2.24, 2.45) is 0 Å². The van der Waals surface area contributed by atoms with Crippen molar-refractivity contribution in [3.63, 3.8) is 0 Å². The number of fused-ring (bicyclic) bond motifs is 1. The highest BCUT2D eigenvalue weighted by Gasteiger charge is 2.32. The summed E-state index contributed by atoms with van der Waals surface area (Å²) in [5.41, 5.74) is 0.824. The van der Waals surface area contributed by atoms with Crippen LogP contribution in [0.25, 0.3) is 0 Å². The van der Waals surface area contributed by atoms with E-state index >= 15 is 0 Å². The third-order valence-corrected chi connectivity index (χ3v) is 3.84. The van der Waals surface area contributed by atoms with Crippen molar-refractivity contribution in [2.75, 3.05) is 6.54 Å². The van der Waals surface area contributed by atoms with Crippen LogP contribution in [0, 0.1) is 11.6 Å². The second-order valence-electron chi connectivity index (χ2n) is 5.49. The Balaban J connectivity index is 1.66. The zero-order valence-electron chi connectivity index (χ0n) is 13.0. The third kappa shape index (κ3) is 3.40. The molecule has 25 heavy (non-hydrogen) atoms. The van der Waals surface area contributed by atoms with Crippen LogP contribution in [0.2, 0.25) is 0 Å². The number of carbonyl (C=O) groups excluding carboxylic acids is 3. The van der Waals surface area contributed by atoms with E-state index in [1.165, 1.54) is 12.1 Å². The smallest absolute Gasteiger partial charge is 0.326 e. The standard InChI is InChI=1S/C18H13F2NO4/c19-14-7-3-5-12(17(14)20)10-25-16(23)9-21-15(22)8-11-4-1-2-6-13(11)18(21)24/h1-7H,8-10H2. The Morgan fingerprint density at radius 1 is 1.08 bits per heavy atom. The molecule has 0 fully saturated rings. The molecule has 5 nitrogen and oxygen atoms in total. The van der Waals surface area contributed by atoms with Crippen LogP contribution in [0.1, 0.15) is 21.5 Å². The molecule has 0 N–H and O–H groups in total. The molecule has 0 radical (unpaired) electrons. The number of esters is 1. The summed E-state index contributed by atoms with van der Waals surface area (Å²) in [5.74, 6) is -4.14. The molecule has 0 saturated heterocycles. The summed E-state index contributed by atoms with van der Waals surface area (Å²) in [6.45, 7) is -1.07. The minimum absolute atomic E-state index is 0.00766. The van der Waals surface area contributed by atoms with Crippen LogP contribution in [0.3, 0.4) is 0 Å². The van der Waals surface area contributed by atoms with Gasteiger partial charge in [-0.05, 0) is 17.7 Å². The van der Waals surface area contributed by atoms with E-state index in [1.54, 1.807) is 24.3 Å². The Labute approximate surface area is 141 Å². The van der Waals surface area contributed by atoms with Gasteiger partial charge in [-0.25, -0.2) is 8.78 Å². The van der Waals surface area contributed by atoms with Crippen molar-refractivity contribution in [3.05, 3.63) is 70.8 Å². The lowest BCUT2D eigenvalue weighted by Gasteiger charge is -2.25. The molecule has 7 heteroatoms. The largest absolute Gasteiger partial charge is 0.459 e. The molecule has 2 aromatic rings. The van der Waals surface area contributed by atoms with E-state index < -0.39 is 42.6 Å². The molecule has 0 atom stereocenters. The Kier molecular flexibility index (Phi) is 4.56. The molecule has 1 aliphatic rings. The van der Waals surface area contributed by atoms with Gasteiger partial charge in [-0.1, -0.05) is 30.3 Å². The molecular weight excluding hydrogens is 332 g/mol. The van der Waals surface area contributed by atoms with Crippen molar-refractivity contribution in [1.29, 1.82) is 0 Å². The quantitative estimate of drug-likeness (QED) is 0.630. The van der Waals surface area contributed by atoms with Gasteiger partial charge in [0.2, 0.25) is 5.91 Å². The summed E-state index contributed by atoms with van der Waals surface area (Å²) in [4.78, 5) is 37.1. The maximum absolute atomic E-state index is 13.5. The number of halogens is 2. The average Bonchev–Trinajstić information content (AvgIpc) is 2.60. The summed E-state index contributed by atoms with van der Waals surface area (Å²) in [6, 6.07) is 10.1. The van der Waals surface area contributed by atoms with Crippen LogP contribution in [-0.4, -0.2) is 29.2 Å². The number of hydrogen-bond donors (Lipinski definition) is 0. The van der Waals surface area contributed by atoms with E-state index in [1.807, 2.05) is 0 Å².